The van der Waals surface area contributed by atoms with Crippen LogP contribution in [0, 0.1) is 6.92 Å². The first-order chi connectivity index (χ1) is 11.2. The minimum absolute atomic E-state index is 0.0206. The van der Waals surface area contributed by atoms with E-state index in [4.69, 9.17) is 9.47 Å². The number of ether oxygens (including phenoxy) is 2. The number of hydrogen-bond acceptors (Lipinski definition) is 3. The molecule has 0 bridgehead atoms. The van der Waals surface area contributed by atoms with Crippen LogP contribution in [0.2, 0.25) is 0 Å². The average molecular weight is 311 g/mol. The van der Waals surface area contributed by atoms with E-state index in [0.717, 1.165) is 12.0 Å². The zero-order chi connectivity index (χ0) is 16.1. The first-order valence-corrected chi connectivity index (χ1v) is 7.85. The fourth-order valence-electron chi connectivity index (χ4n) is 2.67. The minimum atomic E-state index is -0.131. The van der Waals surface area contributed by atoms with E-state index < -0.39 is 0 Å². The molecular formula is C19H21NO3. The number of fused-ring (bicyclic) bond motifs is 1. The van der Waals surface area contributed by atoms with Crippen LogP contribution < -0.4 is 10.1 Å². The third kappa shape index (κ3) is 4.33. The number of benzene rings is 2. The molecule has 1 unspecified atom stereocenters. The van der Waals surface area contributed by atoms with Crippen LogP contribution in [0.4, 0.5) is 0 Å². The topological polar surface area (TPSA) is 47.6 Å². The lowest BCUT2D eigenvalue weighted by molar-refractivity contribution is -0.123. The van der Waals surface area contributed by atoms with Gasteiger partial charge in [0.25, 0.3) is 5.91 Å². The molecule has 1 heterocycles. The quantitative estimate of drug-likeness (QED) is 0.923. The van der Waals surface area contributed by atoms with Crippen molar-refractivity contribution in [1.82, 2.24) is 5.32 Å². The highest BCUT2D eigenvalue weighted by Crippen LogP contribution is 2.19. The van der Waals surface area contributed by atoms with Crippen molar-refractivity contribution in [1.29, 1.82) is 0 Å². The van der Waals surface area contributed by atoms with Crippen molar-refractivity contribution < 1.29 is 14.3 Å². The van der Waals surface area contributed by atoms with Crippen LogP contribution in [0.5, 0.6) is 5.75 Å². The summed E-state index contributed by atoms with van der Waals surface area (Å²) in [6.45, 7) is 3.12. The van der Waals surface area contributed by atoms with E-state index in [1.807, 2.05) is 43.3 Å². The van der Waals surface area contributed by atoms with Gasteiger partial charge in [-0.15, -0.1) is 0 Å². The average Bonchev–Trinajstić information content (AvgIpc) is 2.58. The van der Waals surface area contributed by atoms with E-state index in [1.165, 1.54) is 11.1 Å². The molecular weight excluding hydrogens is 290 g/mol. The Labute approximate surface area is 136 Å². The van der Waals surface area contributed by atoms with Crippen LogP contribution >= 0.6 is 0 Å². The molecule has 2 aromatic carbocycles. The second-order valence-corrected chi connectivity index (χ2v) is 5.82. The van der Waals surface area contributed by atoms with E-state index in [2.05, 4.69) is 17.4 Å². The van der Waals surface area contributed by atoms with E-state index in [-0.39, 0.29) is 18.6 Å². The van der Waals surface area contributed by atoms with Gasteiger partial charge in [-0.05, 0) is 35.7 Å². The molecule has 0 saturated heterocycles. The summed E-state index contributed by atoms with van der Waals surface area (Å²) in [5.41, 5.74) is 3.64. The second-order valence-electron chi connectivity index (χ2n) is 5.82. The maximum Gasteiger partial charge on any atom is 0.258 e. The van der Waals surface area contributed by atoms with E-state index in [9.17, 15) is 4.79 Å². The van der Waals surface area contributed by atoms with Gasteiger partial charge in [0, 0.05) is 13.0 Å². The molecule has 0 radical (unpaired) electrons. The zero-order valence-electron chi connectivity index (χ0n) is 13.2. The molecule has 2 aromatic rings. The first kappa shape index (κ1) is 15.6. The summed E-state index contributed by atoms with van der Waals surface area (Å²) in [4.78, 5) is 11.9. The number of aryl methyl sites for hydroxylation is 1. The number of carbonyl (C=O) groups is 1. The lowest BCUT2D eigenvalue weighted by Crippen LogP contribution is -2.38. The Bertz CT molecular complexity index is 684. The molecule has 0 fully saturated rings. The Balaban J connectivity index is 1.43. The van der Waals surface area contributed by atoms with Gasteiger partial charge in [-0.1, -0.05) is 36.4 Å². The maximum absolute atomic E-state index is 11.9. The van der Waals surface area contributed by atoms with Crippen molar-refractivity contribution >= 4 is 5.91 Å². The largest absolute Gasteiger partial charge is 0.484 e. The van der Waals surface area contributed by atoms with Gasteiger partial charge in [0.2, 0.25) is 0 Å². The van der Waals surface area contributed by atoms with Gasteiger partial charge in [-0.25, -0.2) is 0 Å². The van der Waals surface area contributed by atoms with Crippen LogP contribution in [0.25, 0.3) is 0 Å². The molecule has 3 rings (SSSR count). The summed E-state index contributed by atoms with van der Waals surface area (Å²) in [5, 5.41) is 2.88. The van der Waals surface area contributed by atoms with Crippen molar-refractivity contribution in [2.24, 2.45) is 0 Å². The highest BCUT2D eigenvalue weighted by atomic mass is 16.5. The summed E-state index contributed by atoms with van der Waals surface area (Å²) >= 11 is 0. The van der Waals surface area contributed by atoms with E-state index in [1.54, 1.807) is 0 Å². The fraction of sp³-hybridized carbons (Fsp3) is 0.316. The number of nitrogens with one attached hydrogen (secondary N) is 1. The smallest absolute Gasteiger partial charge is 0.258 e. The summed E-state index contributed by atoms with van der Waals surface area (Å²) in [6.07, 6.45) is 0.850. The predicted octanol–water partition coefficient (Wildman–Crippen LogP) is 2.63. The minimum Gasteiger partial charge on any atom is -0.484 e. The van der Waals surface area contributed by atoms with Crippen molar-refractivity contribution in [3.05, 3.63) is 65.2 Å². The van der Waals surface area contributed by atoms with Gasteiger partial charge in [0.05, 0.1) is 12.7 Å². The maximum atomic E-state index is 11.9. The van der Waals surface area contributed by atoms with E-state index >= 15 is 0 Å². The Hall–Kier alpha value is -2.33. The monoisotopic (exact) mass is 311 g/mol. The molecule has 1 atom stereocenters. The summed E-state index contributed by atoms with van der Waals surface area (Å²) in [6, 6.07) is 15.9. The number of rotatable bonds is 5. The molecule has 1 aliphatic rings. The second kappa shape index (κ2) is 7.29. The van der Waals surface area contributed by atoms with E-state index in [0.29, 0.717) is 18.9 Å². The molecule has 0 spiro atoms. The van der Waals surface area contributed by atoms with Gasteiger partial charge < -0.3 is 14.8 Å². The molecule has 0 aliphatic carbocycles. The molecule has 120 valence electrons. The molecule has 1 amide bonds. The summed E-state index contributed by atoms with van der Waals surface area (Å²) < 4.78 is 11.3. The van der Waals surface area contributed by atoms with Crippen LogP contribution in [0.3, 0.4) is 0 Å². The Morgan fingerprint density at radius 3 is 2.87 bits per heavy atom. The normalized spacial score (nSPS) is 16.5. The highest BCUT2D eigenvalue weighted by molar-refractivity contribution is 5.77. The van der Waals surface area contributed by atoms with Gasteiger partial charge in [0.1, 0.15) is 5.75 Å². The van der Waals surface area contributed by atoms with Gasteiger partial charge in [-0.2, -0.15) is 0 Å². The first-order valence-electron chi connectivity index (χ1n) is 7.85. The Morgan fingerprint density at radius 2 is 2.04 bits per heavy atom. The summed E-state index contributed by atoms with van der Waals surface area (Å²) in [7, 11) is 0. The molecule has 0 saturated carbocycles. The molecule has 23 heavy (non-hydrogen) atoms. The molecule has 4 nitrogen and oxygen atoms in total. The number of carbonyl (C=O) groups excluding carboxylic acids is 1. The highest BCUT2D eigenvalue weighted by Gasteiger charge is 2.19. The third-order valence-corrected chi connectivity index (χ3v) is 3.93. The van der Waals surface area contributed by atoms with Crippen molar-refractivity contribution in [2.75, 3.05) is 13.2 Å². The Kier molecular flexibility index (Phi) is 4.93. The van der Waals surface area contributed by atoms with Crippen LogP contribution in [0.1, 0.15) is 16.7 Å². The van der Waals surface area contributed by atoms with Gasteiger partial charge in [0.15, 0.2) is 6.61 Å². The molecule has 1 N–H and O–H groups in total. The summed E-state index contributed by atoms with van der Waals surface area (Å²) in [5.74, 6) is 0.581. The standard InChI is InChI=1S/C19H21NO3/c1-14-5-4-8-17(9-14)23-13-19(21)20-11-18-10-15-6-2-3-7-16(15)12-22-18/h2-9,18H,10-13H2,1H3,(H,20,21). The van der Waals surface area contributed by atoms with Crippen LogP contribution in [0.15, 0.2) is 48.5 Å². The van der Waals surface area contributed by atoms with Crippen molar-refractivity contribution in [3.8, 4) is 5.75 Å². The van der Waals surface area contributed by atoms with Crippen LogP contribution in [-0.2, 0) is 22.6 Å². The van der Waals surface area contributed by atoms with Crippen LogP contribution in [-0.4, -0.2) is 25.2 Å². The molecule has 4 heteroatoms. The zero-order valence-corrected chi connectivity index (χ0v) is 13.2. The predicted molar refractivity (Wildman–Crippen MR) is 88.4 cm³/mol. The number of amides is 1. The third-order valence-electron chi connectivity index (χ3n) is 3.93. The van der Waals surface area contributed by atoms with Gasteiger partial charge in [-0.3, -0.25) is 4.79 Å². The van der Waals surface area contributed by atoms with Crippen molar-refractivity contribution in [3.63, 3.8) is 0 Å². The lowest BCUT2D eigenvalue weighted by Gasteiger charge is -2.25. The fourth-order valence-corrected chi connectivity index (χ4v) is 2.67. The number of hydrogen-bond donors (Lipinski definition) is 1. The lowest BCUT2D eigenvalue weighted by atomic mass is 9.99. The molecule has 0 aromatic heterocycles. The van der Waals surface area contributed by atoms with Gasteiger partial charge >= 0.3 is 0 Å². The Morgan fingerprint density at radius 1 is 1.22 bits per heavy atom. The SMILES string of the molecule is Cc1cccc(OCC(=O)NCC2Cc3ccccc3CO2)c1. The molecule has 1 aliphatic heterocycles. The van der Waals surface area contributed by atoms with Crippen molar-refractivity contribution in [2.45, 2.75) is 26.1 Å².